The lowest BCUT2D eigenvalue weighted by Crippen LogP contribution is -2.31. The quantitative estimate of drug-likeness (QED) is 0.546. The Morgan fingerprint density at radius 2 is 2.07 bits per heavy atom. The highest BCUT2D eigenvalue weighted by molar-refractivity contribution is 6.03. The first-order chi connectivity index (χ1) is 14.1. The van der Waals surface area contributed by atoms with Gasteiger partial charge in [0.25, 0.3) is 5.91 Å². The summed E-state index contributed by atoms with van der Waals surface area (Å²) in [4.78, 5) is 24.9. The maximum Gasteiger partial charge on any atom is 0.306 e. The van der Waals surface area contributed by atoms with Crippen molar-refractivity contribution in [2.24, 2.45) is 11.0 Å². The number of amides is 1. The molecule has 29 heavy (non-hydrogen) atoms. The third-order valence-corrected chi connectivity index (χ3v) is 5.32. The topological polar surface area (TPSA) is 72.1 Å². The average molecular weight is 392 g/mol. The fraction of sp³-hybridized carbons (Fsp3) is 0.348. The van der Waals surface area contributed by atoms with Crippen LogP contribution in [0.3, 0.4) is 0 Å². The summed E-state index contributed by atoms with van der Waals surface area (Å²) in [7, 11) is 0. The molecule has 2 aliphatic rings. The Morgan fingerprint density at radius 3 is 2.76 bits per heavy atom. The molecule has 0 bridgehead atoms. The molecule has 0 saturated heterocycles. The third-order valence-electron chi connectivity index (χ3n) is 5.32. The maximum absolute atomic E-state index is 12.8. The Kier molecular flexibility index (Phi) is 5.60. The number of furan rings is 1. The van der Waals surface area contributed by atoms with Crippen LogP contribution in [-0.4, -0.2) is 29.2 Å². The van der Waals surface area contributed by atoms with Gasteiger partial charge in [-0.1, -0.05) is 42.0 Å². The monoisotopic (exact) mass is 392 g/mol. The lowest BCUT2D eigenvalue weighted by molar-refractivity contribution is -0.153. The van der Waals surface area contributed by atoms with E-state index in [0.717, 1.165) is 29.7 Å². The van der Waals surface area contributed by atoms with Crippen LogP contribution in [0.4, 0.5) is 0 Å². The molecule has 6 heteroatoms. The second-order valence-electron chi connectivity index (χ2n) is 7.52. The Bertz CT molecular complexity index is 928. The summed E-state index contributed by atoms with van der Waals surface area (Å²) in [5.74, 6) is 0.160. The minimum absolute atomic E-state index is 0.214. The predicted molar refractivity (Wildman–Crippen MR) is 108 cm³/mol. The fourth-order valence-electron chi connectivity index (χ4n) is 3.71. The second kappa shape index (κ2) is 8.47. The summed E-state index contributed by atoms with van der Waals surface area (Å²) < 4.78 is 10.8. The summed E-state index contributed by atoms with van der Waals surface area (Å²) in [5, 5.41) is 5.93. The Morgan fingerprint density at radius 1 is 1.24 bits per heavy atom. The largest absolute Gasteiger partial charge is 0.467 e. The van der Waals surface area contributed by atoms with Gasteiger partial charge in [-0.3, -0.25) is 9.59 Å². The average Bonchev–Trinajstić information content (AvgIpc) is 3.47. The standard InChI is InChI=1S/C23H24N2O4/c1-16-8-10-18(11-9-16)19-14-20(21-7-4-12-28-21)25(24-19)22(26)15-29-23(27)13-17-5-2-3-6-17/h2,4-5,7-12,17,20H,3,6,13-15H2,1H3/t17-,20+/m0/s1. The van der Waals surface area contributed by atoms with Crippen molar-refractivity contribution < 1.29 is 18.7 Å². The summed E-state index contributed by atoms with van der Waals surface area (Å²) >= 11 is 0. The summed E-state index contributed by atoms with van der Waals surface area (Å²) in [5.41, 5.74) is 2.93. The number of ether oxygens (including phenoxy) is 1. The van der Waals surface area contributed by atoms with Crippen LogP contribution < -0.4 is 0 Å². The van der Waals surface area contributed by atoms with Crippen molar-refractivity contribution in [1.82, 2.24) is 5.01 Å². The number of aryl methyl sites for hydroxylation is 1. The number of carbonyl (C=O) groups is 2. The molecular weight excluding hydrogens is 368 g/mol. The number of esters is 1. The Hall–Kier alpha value is -3.15. The molecule has 0 unspecified atom stereocenters. The van der Waals surface area contributed by atoms with Crippen LogP contribution in [0.2, 0.25) is 0 Å². The van der Waals surface area contributed by atoms with E-state index in [-0.39, 0.29) is 30.4 Å². The highest BCUT2D eigenvalue weighted by atomic mass is 16.5. The van der Waals surface area contributed by atoms with Gasteiger partial charge in [0.2, 0.25) is 0 Å². The van der Waals surface area contributed by atoms with Gasteiger partial charge in [-0.25, -0.2) is 5.01 Å². The number of nitrogens with zero attached hydrogens (tertiary/aromatic N) is 2. The number of allylic oxidation sites excluding steroid dienone is 2. The van der Waals surface area contributed by atoms with Gasteiger partial charge in [0.05, 0.1) is 18.4 Å². The van der Waals surface area contributed by atoms with E-state index in [2.05, 4.69) is 11.2 Å². The molecule has 2 aromatic rings. The molecule has 1 aromatic carbocycles. The number of benzene rings is 1. The van der Waals surface area contributed by atoms with Crippen molar-refractivity contribution in [1.29, 1.82) is 0 Å². The molecule has 1 aromatic heterocycles. The van der Waals surface area contributed by atoms with Crippen molar-refractivity contribution in [3.05, 3.63) is 71.7 Å². The van der Waals surface area contributed by atoms with Crippen LogP contribution in [0.25, 0.3) is 0 Å². The number of carbonyl (C=O) groups excluding carboxylic acids is 2. The fourth-order valence-corrected chi connectivity index (χ4v) is 3.71. The van der Waals surface area contributed by atoms with Crippen molar-refractivity contribution >= 4 is 17.6 Å². The first-order valence-electron chi connectivity index (χ1n) is 9.92. The van der Waals surface area contributed by atoms with Crippen molar-refractivity contribution in [3.63, 3.8) is 0 Å². The van der Waals surface area contributed by atoms with Gasteiger partial charge in [-0.2, -0.15) is 5.10 Å². The molecule has 1 aliphatic heterocycles. The van der Waals surface area contributed by atoms with Crippen LogP contribution in [0.1, 0.15) is 48.6 Å². The van der Waals surface area contributed by atoms with Crippen LogP contribution >= 0.6 is 0 Å². The summed E-state index contributed by atoms with van der Waals surface area (Å²) in [6, 6.07) is 11.3. The predicted octanol–water partition coefficient (Wildman–Crippen LogP) is 4.17. The van der Waals surface area contributed by atoms with Gasteiger partial charge in [-0.15, -0.1) is 0 Å². The number of hydrogen-bond acceptors (Lipinski definition) is 5. The van der Waals surface area contributed by atoms with E-state index in [4.69, 9.17) is 9.15 Å². The molecule has 0 fully saturated rings. The zero-order valence-corrected chi connectivity index (χ0v) is 16.4. The molecule has 2 atom stereocenters. The van der Waals surface area contributed by atoms with Crippen LogP contribution in [0, 0.1) is 12.8 Å². The van der Waals surface area contributed by atoms with E-state index in [1.165, 1.54) is 5.01 Å². The number of rotatable bonds is 6. The molecule has 0 N–H and O–H groups in total. The minimum atomic E-state index is -0.358. The van der Waals surface area contributed by atoms with E-state index in [0.29, 0.717) is 18.6 Å². The molecule has 2 heterocycles. The first kappa shape index (κ1) is 19.2. The number of hydrazone groups is 1. The lowest BCUT2D eigenvalue weighted by atomic mass is 10.0. The third kappa shape index (κ3) is 4.47. The second-order valence-corrected chi connectivity index (χ2v) is 7.52. The van der Waals surface area contributed by atoms with E-state index in [1.54, 1.807) is 12.3 Å². The zero-order chi connectivity index (χ0) is 20.2. The van der Waals surface area contributed by atoms with Gasteiger partial charge in [0, 0.05) is 6.42 Å². The van der Waals surface area contributed by atoms with E-state index < -0.39 is 0 Å². The van der Waals surface area contributed by atoms with Gasteiger partial charge in [0.15, 0.2) is 6.61 Å². The highest BCUT2D eigenvalue weighted by Gasteiger charge is 2.35. The van der Waals surface area contributed by atoms with Crippen LogP contribution in [-0.2, 0) is 14.3 Å². The molecule has 0 radical (unpaired) electrons. The Balaban J connectivity index is 1.45. The lowest BCUT2D eigenvalue weighted by Gasteiger charge is -2.19. The zero-order valence-electron chi connectivity index (χ0n) is 16.4. The maximum atomic E-state index is 12.8. The van der Waals surface area contributed by atoms with Gasteiger partial charge in [-0.05, 0) is 43.4 Å². The van der Waals surface area contributed by atoms with Crippen molar-refractivity contribution in [2.45, 2.75) is 38.6 Å². The van der Waals surface area contributed by atoms with Gasteiger partial charge in [0.1, 0.15) is 11.8 Å². The van der Waals surface area contributed by atoms with Crippen molar-refractivity contribution in [2.75, 3.05) is 6.61 Å². The molecule has 0 spiro atoms. The van der Waals surface area contributed by atoms with Crippen molar-refractivity contribution in [3.8, 4) is 0 Å². The normalized spacial score (nSPS) is 20.7. The molecule has 150 valence electrons. The molecule has 6 nitrogen and oxygen atoms in total. The van der Waals surface area contributed by atoms with Crippen LogP contribution in [0.5, 0.6) is 0 Å². The molecule has 1 amide bonds. The van der Waals surface area contributed by atoms with Gasteiger partial charge >= 0.3 is 5.97 Å². The van der Waals surface area contributed by atoms with Crippen LogP contribution in [0.15, 0.2) is 64.3 Å². The van der Waals surface area contributed by atoms with Gasteiger partial charge < -0.3 is 9.15 Å². The van der Waals surface area contributed by atoms with E-state index in [1.807, 2.05) is 43.3 Å². The first-order valence-corrected chi connectivity index (χ1v) is 9.92. The molecular formula is C23H24N2O4. The minimum Gasteiger partial charge on any atom is -0.467 e. The number of hydrogen-bond donors (Lipinski definition) is 0. The van der Waals surface area contributed by atoms with E-state index in [9.17, 15) is 9.59 Å². The molecule has 1 aliphatic carbocycles. The smallest absolute Gasteiger partial charge is 0.306 e. The highest BCUT2D eigenvalue weighted by Crippen LogP contribution is 2.33. The SMILES string of the molecule is Cc1ccc(C2=NN(C(=O)COC(=O)C[C@H]3C=CCC3)[C@@H](c3ccco3)C2)cc1. The van der Waals surface area contributed by atoms with E-state index >= 15 is 0 Å². The molecule has 4 rings (SSSR count). The summed E-state index contributed by atoms with van der Waals surface area (Å²) in [6.07, 6.45) is 8.49. The summed E-state index contributed by atoms with van der Waals surface area (Å²) in [6.45, 7) is 1.70. The molecule has 0 saturated carbocycles. The Labute approximate surface area is 169 Å².